The van der Waals surface area contributed by atoms with E-state index in [0.29, 0.717) is 30.4 Å². The van der Waals surface area contributed by atoms with E-state index in [9.17, 15) is 27.9 Å². The second-order valence-electron chi connectivity index (χ2n) is 11.7. The van der Waals surface area contributed by atoms with Crippen molar-refractivity contribution in [2.45, 2.75) is 64.3 Å². The van der Waals surface area contributed by atoms with Gasteiger partial charge >= 0.3 is 12.2 Å². The van der Waals surface area contributed by atoms with E-state index in [1.54, 1.807) is 24.0 Å². The van der Waals surface area contributed by atoms with Crippen LogP contribution in [-0.2, 0) is 6.18 Å². The maximum absolute atomic E-state index is 13.7. The molecule has 3 N–H and O–H groups in total. The zero-order valence-electron chi connectivity index (χ0n) is 24.4. The van der Waals surface area contributed by atoms with Gasteiger partial charge in [0.25, 0.3) is 5.91 Å². The first-order valence-corrected chi connectivity index (χ1v) is 14.6. The summed E-state index contributed by atoms with van der Waals surface area (Å²) in [6.07, 6.45) is 1.66. The SMILES string of the molecule is C[C@H]1CN([C@@H](C)CO)C(=O)c2cc(NC(=O)Nc3ccc(C(F)(F)F)cc3)ccc2O[C@@H]1CN(C)CC1CCCCC1. The topological polar surface area (TPSA) is 94.1 Å². The first kappa shape index (κ1) is 31.6. The van der Waals surface area contributed by atoms with Crippen LogP contribution in [0.3, 0.4) is 0 Å². The number of carbonyl (C=O) groups is 2. The number of anilines is 2. The highest BCUT2D eigenvalue weighted by Crippen LogP contribution is 2.32. The van der Waals surface area contributed by atoms with Crippen LogP contribution in [0.15, 0.2) is 42.5 Å². The minimum Gasteiger partial charge on any atom is -0.488 e. The van der Waals surface area contributed by atoms with Crippen LogP contribution >= 0.6 is 0 Å². The smallest absolute Gasteiger partial charge is 0.416 e. The number of hydrogen-bond donors (Lipinski definition) is 3. The zero-order valence-corrected chi connectivity index (χ0v) is 24.4. The first-order chi connectivity index (χ1) is 19.9. The molecule has 1 aliphatic carbocycles. The lowest BCUT2D eigenvalue weighted by Crippen LogP contribution is -2.50. The van der Waals surface area contributed by atoms with Crippen LogP contribution in [0.5, 0.6) is 5.75 Å². The largest absolute Gasteiger partial charge is 0.488 e. The summed E-state index contributed by atoms with van der Waals surface area (Å²) in [7, 11) is 2.10. The number of hydrogen-bond acceptors (Lipinski definition) is 5. The average molecular weight is 591 g/mol. The van der Waals surface area contributed by atoms with Crippen LogP contribution in [0.25, 0.3) is 0 Å². The van der Waals surface area contributed by atoms with E-state index >= 15 is 0 Å². The zero-order chi connectivity index (χ0) is 30.4. The Morgan fingerprint density at radius 1 is 1.07 bits per heavy atom. The number of alkyl halides is 3. The standard InChI is InChI=1S/C31H41F3N4O4/c1-20-16-38(21(2)19-39)29(40)26-15-25(36-30(41)35-24-11-9-23(10-12-24)31(32,33)34)13-14-27(26)42-28(20)18-37(3)17-22-7-5-4-6-8-22/h9-15,20-22,28,39H,4-8,16-19H2,1-3H3,(H2,35,36,41)/t20-,21-,28+/m0/s1. The lowest BCUT2D eigenvalue weighted by atomic mass is 9.89. The van der Waals surface area contributed by atoms with Crippen LogP contribution < -0.4 is 15.4 Å². The number of halogens is 3. The fourth-order valence-electron chi connectivity index (χ4n) is 5.75. The molecule has 0 bridgehead atoms. The molecule has 2 aliphatic rings. The number of benzene rings is 2. The van der Waals surface area contributed by atoms with Crippen molar-refractivity contribution in [2.24, 2.45) is 11.8 Å². The molecule has 2 aromatic rings. The minimum atomic E-state index is -4.47. The summed E-state index contributed by atoms with van der Waals surface area (Å²) >= 11 is 0. The number of likely N-dealkylation sites (N-methyl/N-ethyl adjacent to an activating group) is 1. The molecule has 230 valence electrons. The van der Waals surface area contributed by atoms with Gasteiger partial charge in [0.05, 0.1) is 23.8 Å². The van der Waals surface area contributed by atoms with E-state index in [1.165, 1.54) is 50.3 Å². The molecule has 0 aromatic heterocycles. The van der Waals surface area contributed by atoms with Crippen LogP contribution in [0, 0.1) is 11.8 Å². The van der Waals surface area contributed by atoms with Crippen molar-refractivity contribution in [3.05, 3.63) is 53.6 Å². The third kappa shape index (κ3) is 8.16. The second kappa shape index (κ2) is 13.8. The molecule has 1 heterocycles. The highest BCUT2D eigenvalue weighted by atomic mass is 19.4. The molecule has 2 aromatic carbocycles. The highest BCUT2D eigenvalue weighted by Gasteiger charge is 2.34. The summed E-state index contributed by atoms with van der Waals surface area (Å²) in [5, 5.41) is 15.1. The van der Waals surface area contributed by atoms with Gasteiger partial charge in [-0.2, -0.15) is 13.2 Å². The third-order valence-electron chi connectivity index (χ3n) is 8.18. The Bertz CT molecular complexity index is 1220. The lowest BCUT2D eigenvalue weighted by molar-refractivity contribution is -0.137. The number of nitrogens with zero attached hydrogens (tertiary/aromatic N) is 2. The summed E-state index contributed by atoms with van der Waals surface area (Å²) < 4.78 is 45.0. The molecule has 3 amide bonds. The van der Waals surface area contributed by atoms with Crippen LogP contribution in [-0.4, -0.2) is 72.3 Å². The van der Waals surface area contributed by atoms with Gasteiger partial charge in [-0.25, -0.2) is 4.79 Å². The van der Waals surface area contributed by atoms with E-state index in [2.05, 4.69) is 29.5 Å². The number of ether oxygens (including phenoxy) is 1. The molecule has 0 radical (unpaired) electrons. The molecule has 0 saturated heterocycles. The van der Waals surface area contributed by atoms with Gasteiger partial charge in [-0.05, 0) is 75.2 Å². The molecule has 1 fully saturated rings. The molecule has 0 spiro atoms. The number of rotatable bonds is 8. The lowest BCUT2D eigenvalue weighted by Gasteiger charge is -2.38. The number of fused-ring (bicyclic) bond motifs is 1. The number of aliphatic hydroxyl groups excluding tert-OH is 1. The Hall–Kier alpha value is -3.31. The summed E-state index contributed by atoms with van der Waals surface area (Å²) in [4.78, 5) is 30.3. The maximum atomic E-state index is 13.7. The molecule has 3 atom stereocenters. The normalized spacial score (nSPS) is 20.8. The van der Waals surface area contributed by atoms with Crippen LogP contribution in [0.1, 0.15) is 61.9 Å². The molecule has 1 saturated carbocycles. The van der Waals surface area contributed by atoms with Gasteiger partial charge in [0.1, 0.15) is 11.9 Å². The van der Waals surface area contributed by atoms with Gasteiger partial charge in [-0.3, -0.25) is 4.79 Å². The molecular weight excluding hydrogens is 549 g/mol. The Morgan fingerprint density at radius 2 is 1.71 bits per heavy atom. The van der Waals surface area contributed by atoms with Crippen molar-refractivity contribution in [3.8, 4) is 5.75 Å². The molecule has 0 unspecified atom stereocenters. The molecule has 4 rings (SSSR count). The predicted octanol–water partition coefficient (Wildman–Crippen LogP) is 6.08. The monoisotopic (exact) mass is 590 g/mol. The Labute approximate surface area is 245 Å². The molecule has 8 nitrogen and oxygen atoms in total. The fraction of sp³-hybridized carbons (Fsp3) is 0.548. The van der Waals surface area contributed by atoms with Crippen LogP contribution in [0.4, 0.5) is 29.3 Å². The van der Waals surface area contributed by atoms with E-state index in [0.717, 1.165) is 18.7 Å². The van der Waals surface area contributed by atoms with Gasteiger partial charge in [0.2, 0.25) is 0 Å². The molecule has 1 aliphatic heterocycles. The van der Waals surface area contributed by atoms with E-state index in [1.807, 2.05) is 0 Å². The summed E-state index contributed by atoms with van der Waals surface area (Å²) in [6.45, 7) is 5.71. The number of nitrogens with one attached hydrogen (secondary N) is 2. The maximum Gasteiger partial charge on any atom is 0.416 e. The average Bonchev–Trinajstić information content (AvgIpc) is 2.95. The van der Waals surface area contributed by atoms with Crippen molar-refractivity contribution >= 4 is 23.3 Å². The van der Waals surface area contributed by atoms with Gasteiger partial charge in [-0.1, -0.05) is 26.2 Å². The van der Waals surface area contributed by atoms with Crippen molar-refractivity contribution in [2.75, 3.05) is 43.9 Å². The highest BCUT2D eigenvalue weighted by molar-refractivity contribution is 6.02. The third-order valence-corrected chi connectivity index (χ3v) is 8.18. The minimum absolute atomic E-state index is 0.00257. The number of urea groups is 1. The van der Waals surface area contributed by atoms with E-state index in [4.69, 9.17) is 4.74 Å². The second-order valence-corrected chi connectivity index (χ2v) is 11.7. The predicted molar refractivity (Wildman–Crippen MR) is 156 cm³/mol. The Kier molecular flexibility index (Phi) is 10.4. The van der Waals surface area contributed by atoms with Crippen molar-refractivity contribution in [1.82, 2.24) is 9.80 Å². The molecule has 11 heteroatoms. The van der Waals surface area contributed by atoms with Crippen molar-refractivity contribution in [3.63, 3.8) is 0 Å². The van der Waals surface area contributed by atoms with Gasteiger partial charge in [0.15, 0.2) is 0 Å². The van der Waals surface area contributed by atoms with E-state index < -0.39 is 23.8 Å². The number of amides is 3. The van der Waals surface area contributed by atoms with Crippen molar-refractivity contribution < 1.29 is 32.6 Å². The fourth-order valence-corrected chi connectivity index (χ4v) is 5.75. The van der Waals surface area contributed by atoms with E-state index in [-0.39, 0.29) is 35.8 Å². The van der Waals surface area contributed by atoms with Gasteiger partial charge < -0.3 is 30.3 Å². The summed E-state index contributed by atoms with van der Waals surface area (Å²) in [5.74, 6) is 0.748. The Balaban J connectivity index is 1.51. The molecule has 42 heavy (non-hydrogen) atoms. The number of carbonyl (C=O) groups excluding carboxylic acids is 2. The summed E-state index contributed by atoms with van der Waals surface area (Å²) in [6, 6.07) is 7.80. The number of aliphatic hydroxyl groups is 1. The Morgan fingerprint density at radius 3 is 2.36 bits per heavy atom. The van der Waals surface area contributed by atoms with Crippen LogP contribution in [0.2, 0.25) is 0 Å². The summed E-state index contributed by atoms with van der Waals surface area (Å²) in [5.41, 5.74) is -0.0628. The first-order valence-electron chi connectivity index (χ1n) is 14.6. The van der Waals surface area contributed by atoms with Gasteiger partial charge in [-0.15, -0.1) is 0 Å². The van der Waals surface area contributed by atoms with Gasteiger partial charge in [0, 0.05) is 36.9 Å². The van der Waals surface area contributed by atoms with Crippen molar-refractivity contribution in [1.29, 1.82) is 0 Å². The molecular formula is C31H41F3N4O4. The quantitative estimate of drug-likeness (QED) is 0.347.